The summed E-state index contributed by atoms with van der Waals surface area (Å²) in [7, 11) is 1.58. The molecule has 0 unspecified atom stereocenters. The van der Waals surface area contributed by atoms with Crippen LogP contribution in [0.15, 0.2) is 42.5 Å². The fraction of sp³-hybridized carbons (Fsp3) is 0.458. The Balaban J connectivity index is 1.27. The summed E-state index contributed by atoms with van der Waals surface area (Å²) in [5, 5.41) is 13.9. The molecule has 6 nitrogen and oxygen atoms in total. The first-order chi connectivity index (χ1) is 15.0. The second-order valence-electron chi connectivity index (χ2n) is 8.38. The minimum Gasteiger partial charge on any atom is -0.490 e. The number of β-amino-alcohol motifs (C(OH)–C–C–N with tert-alkyl or cyclic N) is 1. The van der Waals surface area contributed by atoms with Crippen LogP contribution in [0.2, 0.25) is 5.02 Å². The lowest BCUT2D eigenvalue weighted by molar-refractivity contribution is -0.0271. The first-order valence-corrected chi connectivity index (χ1v) is 11.2. The first-order valence-electron chi connectivity index (χ1n) is 10.8. The van der Waals surface area contributed by atoms with Gasteiger partial charge in [0.05, 0.1) is 5.56 Å². The zero-order chi connectivity index (χ0) is 21.8. The average molecular weight is 445 g/mol. The lowest BCUT2D eigenvalue weighted by Crippen LogP contribution is -2.51. The zero-order valence-electron chi connectivity index (χ0n) is 17.8. The van der Waals surface area contributed by atoms with Gasteiger partial charge < -0.3 is 24.8 Å². The van der Waals surface area contributed by atoms with Crippen molar-refractivity contribution in [2.24, 2.45) is 0 Å². The first kappa shape index (κ1) is 21.9. The van der Waals surface area contributed by atoms with Crippen LogP contribution in [0.1, 0.15) is 35.2 Å². The number of hydrogen-bond donors (Lipinski definition) is 2. The lowest BCUT2D eigenvalue weighted by atomic mass is 9.83. The predicted octanol–water partition coefficient (Wildman–Crippen LogP) is 3.30. The summed E-state index contributed by atoms with van der Waals surface area (Å²) >= 11 is 6.10. The Morgan fingerprint density at radius 3 is 2.81 bits per heavy atom. The molecule has 0 radical (unpaired) electrons. The van der Waals surface area contributed by atoms with E-state index in [0.717, 1.165) is 49.5 Å². The average Bonchev–Trinajstić information content (AvgIpc) is 2.79. The molecule has 7 heteroatoms. The van der Waals surface area contributed by atoms with Crippen LogP contribution >= 0.6 is 11.6 Å². The molecule has 2 aliphatic rings. The van der Waals surface area contributed by atoms with Gasteiger partial charge in [0.1, 0.15) is 29.8 Å². The minimum absolute atomic E-state index is 0.120. The SMILES string of the molecule is CNC(=O)c1ccccc1OC[C@@H](O)CN1CCC2(CCc3cc(Cl)ccc3O2)CC1. The maximum atomic E-state index is 12.0. The lowest BCUT2D eigenvalue weighted by Gasteiger charge is -2.45. The number of nitrogens with zero attached hydrogens (tertiary/aromatic N) is 1. The number of halogens is 1. The molecular formula is C24H29ClN2O4. The van der Waals surface area contributed by atoms with Gasteiger partial charge in [-0.1, -0.05) is 23.7 Å². The third kappa shape index (κ3) is 5.14. The van der Waals surface area contributed by atoms with E-state index in [1.165, 1.54) is 5.56 Å². The third-order valence-electron chi connectivity index (χ3n) is 6.23. The van der Waals surface area contributed by atoms with Gasteiger partial charge in [-0.3, -0.25) is 4.79 Å². The number of rotatable bonds is 6. The number of aliphatic hydroxyl groups excluding tert-OH is 1. The standard InChI is InChI=1S/C24H29ClN2O4/c1-26-23(29)20-4-2-3-5-22(20)30-16-19(28)15-27-12-10-24(11-13-27)9-8-17-14-18(25)6-7-21(17)31-24/h2-7,14,19,28H,8-13,15-16H2,1H3,(H,26,29)/t19-/m0/s1. The van der Waals surface area contributed by atoms with Crippen molar-refractivity contribution in [1.82, 2.24) is 10.2 Å². The van der Waals surface area contributed by atoms with Crippen LogP contribution in [-0.4, -0.2) is 60.9 Å². The highest BCUT2D eigenvalue weighted by Gasteiger charge is 2.39. The maximum absolute atomic E-state index is 12.0. The summed E-state index contributed by atoms with van der Waals surface area (Å²) in [6.45, 7) is 2.41. The Morgan fingerprint density at radius 2 is 2.03 bits per heavy atom. The number of aryl methyl sites for hydroxylation is 1. The number of hydrogen-bond acceptors (Lipinski definition) is 5. The summed E-state index contributed by atoms with van der Waals surface area (Å²) in [6, 6.07) is 12.9. The number of piperidine rings is 1. The van der Waals surface area contributed by atoms with Gasteiger partial charge in [0.15, 0.2) is 0 Å². The largest absolute Gasteiger partial charge is 0.490 e. The van der Waals surface area contributed by atoms with E-state index in [1.54, 1.807) is 25.2 Å². The van der Waals surface area contributed by atoms with Crippen LogP contribution in [0.5, 0.6) is 11.5 Å². The third-order valence-corrected chi connectivity index (χ3v) is 6.46. The van der Waals surface area contributed by atoms with Crippen LogP contribution < -0.4 is 14.8 Å². The van der Waals surface area contributed by atoms with Gasteiger partial charge in [-0.2, -0.15) is 0 Å². The van der Waals surface area contributed by atoms with Crippen molar-refractivity contribution in [2.75, 3.05) is 33.3 Å². The molecule has 166 valence electrons. The molecule has 2 N–H and O–H groups in total. The number of benzene rings is 2. The molecule has 2 aliphatic heterocycles. The van der Waals surface area contributed by atoms with E-state index >= 15 is 0 Å². The molecular weight excluding hydrogens is 416 g/mol. The fourth-order valence-electron chi connectivity index (χ4n) is 4.44. The second-order valence-corrected chi connectivity index (χ2v) is 8.81. The zero-order valence-corrected chi connectivity index (χ0v) is 18.5. The molecule has 1 fully saturated rings. The van der Waals surface area contributed by atoms with Crippen LogP contribution in [0.4, 0.5) is 0 Å². The molecule has 0 aromatic heterocycles. The van der Waals surface area contributed by atoms with Gasteiger partial charge in [-0.15, -0.1) is 0 Å². The smallest absolute Gasteiger partial charge is 0.254 e. The highest BCUT2D eigenvalue weighted by Crippen LogP contribution is 2.40. The summed E-state index contributed by atoms with van der Waals surface area (Å²) in [5.74, 6) is 1.22. The number of nitrogens with one attached hydrogen (secondary N) is 1. The van der Waals surface area contributed by atoms with Gasteiger partial charge in [0.2, 0.25) is 0 Å². The maximum Gasteiger partial charge on any atom is 0.254 e. The van der Waals surface area contributed by atoms with Gasteiger partial charge in [0.25, 0.3) is 5.91 Å². The van der Waals surface area contributed by atoms with E-state index in [9.17, 15) is 9.90 Å². The van der Waals surface area contributed by atoms with Crippen LogP contribution in [0.3, 0.4) is 0 Å². The van der Waals surface area contributed by atoms with Gasteiger partial charge in [-0.25, -0.2) is 0 Å². The highest BCUT2D eigenvalue weighted by molar-refractivity contribution is 6.30. The summed E-state index contributed by atoms with van der Waals surface area (Å²) in [6.07, 6.45) is 3.21. The molecule has 1 amide bonds. The Hall–Kier alpha value is -2.28. The molecule has 2 aromatic rings. The van der Waals surface area contributed by atoms with Crippen LogP contribution in [0, 0.1) is 0 Å². The second kappa shape index (κ2) is 9.47. The topological polar surface area (TPSA) is 71.0 Å². The number of aliphatic hydroxyl groups is 1. The molecule has 1 atom stereocenters. The predicted molar refractivity (Wildman–Crippen MR) is 120 cm³/mol. The minimum atomic E-state index is -0.637. The van der Waals surface area contributed by atoms with E-state index in [0.29, 0.717) is 17.9 Å². The van der Waals surface area contributed by atoms with Crippen molar-refractivity contribution in [3.05, 3.63) is 58.6 Å². The fourth-order valence-corrected chi connectivity index (χ4v) is 4.63. The van der Waals surface area contributed by atoms with E-state index in [1.807, 2.05) is 24.3 Å². The van der Waals surface area contributed by atoms with Crippen molar-refractivity contribution >= 4 is 17.5 Å². The molecule has 0 aliphatic carbocycles. The summed E-state index contributed by atoms with van der Waals surface area (Å²) in [5.41, 5.74) is 1.53. The Bertz CT molecular complexity index is 928. The van der Waals surface area contributed by atoms with Crippen molar-refractivity contribution in [3.8, 4) is 11.5 Å². The summed E-state index contributed by atoms with van der Waals surface area (Å²) in [4.78, 5) is 14.2. The van der Waals surface area contributed by atoms with Crippen molar-refractivity contribution in [2.45, 2.75) is 37.4 Å². The molecule has 4 rings (SSSR count). The number of fused-ring (bicyclic) bond motifs is 1. The molecule has 2 heterocycles. The number of ether oxygens (including phenoxy) is 2. The monoisotopic (exact) mass is 444 g/mol. The molecule has 31 heavy (non-hydrogen) atoms. The molecule has 1 spiro atoms. The van der Waals surface area contributed by atoms with E-state index in [-0.39, 0.29) is 18.1 Å². The van der Waals surface area contributed by atoms with Crippen molar-refractivity contribution in [3.63, 3.8) is 0 Å². The highest BCUT2D eigenvalue weighted by atomic mass is 35.5. The van der Waals surface area contributed by atoms with Gasteiger partial charge in [-0.05, 0) is 61.6 Å². The Labute approximate surface area is 188 Å². The van der Waals surface area contributed by atoms with Crippen LogP contribution in [-0.2, 0) is 6.42 Å². The number of likely N-dealkylation sites (tertiary alicyclic amines) is 1. The van der Waals surface area contributed by atoms with Gasteiger partial charge in [0, 0.05) is 31.7 Å². The Kier molecular flexibility index (Phi) is 6.70. The number of para-hydroxylation sites is 1. The molecule has 2 aromatic carbocycles. The number of carbonyl (C=O) groups excluding carboxylic acids is 1. The normalized spacial score (nSPS) is 18.7. The summed E-state index contributed by atoms with van der Waals surface area (Å²) < 4.78 is 12.2. The van der Waals surface area contributed by atoms with E-state index < -0.39 is 6.10 Å². The van der Waals surface area contributed by atoms with Crippen molar-refractivity contribution < 1.29 is 19.4 Å². The molecule has 1 saturated heterocycles. The molecule has 0 bridgehead atoms. The van der Waals surface area contributed by atoms with Crippen LogP contribution in [0.25, 0.3) is 0 Å². The number of amides is 1. The quantitative estimate of drug-likeness (QED) is 0.715. The van der Waals surface area contributed by atoms with Gasteiger partial charge >= 0.3 is 0 Å². The van der Waals surface area contributed by atoms with E-state index in [4.69, 9.17) is 21.1 Å². The van der Waals surface area contributed by atoms with E-state index in [2.05, 4.69) is 10.2 Å². The van der Waals surface area contributed by atoms with Crippen molar-refractivity contribution in [1.29, 1.82) is 0 Å². The molecule has 0 saturated carbocycles. The number of carbonyl (C=O) groups is 1. The Morgan fingerprint density at radius 1 is 1.26 bits per heavy atom.